The van der Waals surface area contributed by atoms with Crippen LogP contribution in [-0.2, 0) is 14.3 Å². The van der Waals surface area contributed by atoms with E-state index in [0.29, 0.717) is 6.42 Å². The Morgan fingerprint density at radius 1 is 1.43 bits per heavy atom. The van der Waals surface area contributed by atoms with Gasteiger partial charge in [-0.2, -0.15) is 0 Å². The average Bonchev–Trinajstić information content (AvgIpc) is 2.83. The average molecular weight is 291 g/mol. The highest BCUT2D eigenvalue weighted by Crippen LogP contribution is 2.30. The third-order valence-electron chi connectivity index (χ3n) is 4.19. The predicted molar refractivity (Wildman–Crippen MR) is 78.0 cm³/mol. The quantitative estimate of drug-likeness (QED) is 0.867. The van der Waals surface area contributed by atoms with E-state index in [-0.39, 0.29) is 25.0 Å². The number of amides is 1. The van der Waals surface area contributed by atoms with Crippen LogP contribution >= 0.6 is 0 Å². The van der Waals surface area contributed by atoms with Gasteiger partial charge in [0.25, 0.3) is 0 Å². The van der Waals surface area contributed by atoms with Crippen molar-refractivity contribution in [1.82, 2.24) is 5.32 Å². The van der Waals surface area contributed by atoms with Gasteiger partial charge >= 0.3 is 5.97 Å². The standard InChI is InChI=1S/C16H21NO4/c1-3-12(11-7-5-4-6-8-11)14(18)17-13-9-21-10-16(13,2)15(19)20/h4-8,12-13H,3,9-10H2,1-2H3,(H,17,18)(H,19,20). The zero-order chi connectivity index (χ0) is 15.5. The number of ether oxygens (including phenoxy) is 1. The van der Waals surface area contributed by atoms with Crippen LogP contribution in [0.3, 0.4) is 0 Å². The minimum absolute atomic E-state index is 0.120. The van der Waals surface area contributed by atoms with Crippen molar-refractivity contribution >= 4 is 11.9 Å². The van der Waals surface area contributed by atoms with Gasteiger partial charge in [0, 0.05) is 0 Å². The summed E-state index contributed by atoms with van der Waals surface area (Å²) in [5.74, 6) is -1.37. The fourth-order valence-corrected chi connectivity index (χ4v) is 2.62. The number of aliphatic carboxylic acids is 1. The first-order chi connectivity index (χ1) is 9.99. The second-order valence-electron chi connectivity index (χ2n) is 5.67. The number of hydrogen-bond donors (Lipinski definition) is 2. The van der Waals surface area contributed by atoms with Gasteiger partial charge in [0.1, 0.15) is 5.41 Å². The van der Waals surface area contributed by atoms with E-state index < -0.39 is 17.4 Å². The maximum Gasteiger partial charge on any atom is 0.313 e. The highest BCUT2D eigenvalue weighted by atomic mass is 16.5. The van der Waals surface area contributed by atoms with Crippen LogP contribution < -0.4 is 5.32 Å². The van der Waals surface area contributed by atoms with E-state index >= 15 is 0 Å². The first kappa shape index (κ1) is 15.5. The van der Waals surface area contributed by atoms with Crippen molar-refractivity contribution in [3.8, 4) is 0 Å². The topological polar surface area (TPSA) is 75.6 Å². The van der Waals surface area contributed by atoms with E-state index in [2.05, 4.69) is 5.32 Å². The molecular formula is C16H21NO4. The molecule has 1 aliphatic heterocycles. The fourth-order valence-electron chi connectivity index (χ4n) is 2.62. The summed E-state index contributed by atoms with van der Waals surface area (Å²) in [6.45, 7) is 3.91. The summed E-state index contributed by atoms with van der Waals surface area (Å²) in [5.41, 5.74) is -0.126. The monoisotopic (exact) mass is 291 g/mol. The number of rotatable bonds is 5. The molecule has 3 unspecified atom stereocenters. The minimum atomic E-state index is -1.06. The van der Waals surface area contributed by atoms with E-state index in [1.54, 1.807) is 6.92 Å². The maximum atomic E-state index is 12.5. The first-order valence-corrected chi connectivity index (χ1v) is 7.15. The molecular weight excluding hydrogens is 270 g/mol. The number of hydrogen-bond acceptors (Lipinski definition) is 3. The lowest BCUT2D eigenvalue weighted by atomic mass is 9.84. The van der Waals surface area contributed by atoms with Crippen LogP contribution in [0, 0.1) is 5.41 Å². The lowest BCUT2D eigenvalue weighted by Crippen LogP contribution is -2.50. The van der Waals surface area contributed by atoms with E-state index in [1.165, 1.54) is 0 Å². The van der Waals surface area contributed by atoms with Gasteiger partial charge in [0.05, 0.1) is 25.2 Å². The molecule has 0 radical (unpaired) electrons. The molecule has 5 nitrogen and oxygen atoms in total. The van der Waals surface area contributed by atoms with Gasteiger partial charge in [-0.05, 0) is 18.9 Å². The Labute approximate surface area is 124 Å². The SMILES string of the molecule is CCC(C(=O)NC1COCC1(C)C(=O)O)c1ccccc1. The molecule has 0 bridgehead atoms. The summed E-state index contributed by atoms with van der Waals surface area (Å²) in [6, 6.07) is 9.02. The Morgan fingerprint density at radius 3 is 2.67 bits per heavy atom. The summed E-state index contributed by atoms with van der Waals surface area (Å²) >= 11 is 0. The molecule has 114 valence electrons. The van der Waals surface area contributed by atoms with Gasteiger partial charge in [0.15, 0.2) is 0 Å². The van der Waals surface area contributed by atoms with Crippen LogP contribution in [0.4, 0.5) is 0 Å². The molecule has 5 heteroatoms. The normalized spacial score (nSPS) is 26.3. The van der Waals surface area contributed by atoms with Crippen LogP contribution in [0.1, 0.15) is 31.7 Å². The van der Waals surface area contributed by atoms with Crippen LogP contribution in [0.25, 0.3) is 0 Å². The van der Waals surface area contributed by atoms with Crippen molar-refractivity contribution in [2.75, 3.05) is 13.2 Å². The highest BCUT2D eigenvalue weighted by molar-refractivity contribution is 5.85. The maximum absolute atomic E-state index is 12.5. The third-order valence-corrected chi connectivity index (χ3v) is 4.19. The van der Waals surface area contributed by atoms with Crippen LogP contribution in [-0.4, -0.2) is 36.2 Å². The third kappa shape index (κ3) is 3.08. The molecule has 1 aromatic carbocycles. The Balaban J connectivity index is 2.11. The highest BCUT2D eigenvalue weighted by Gasteiger charge is 2.47. The van der Waals surface area contributed by atoms with Crippen molar-refractivity contribution in [3.63, 3.8) is 0 Å². The Morgan fingerprint density at radius 2 is 2.10 bits per heavy atom. The molecule has 1 aliphatic rings. The van der Waals surface area contributed by atoms with Crippen molar-refractivity contribution in [2.24, 2.45) is 5.41 Å². The number of benzene rings is 1. The first-order valence-electron chi connectivity index (χ1n) is 7.15. The molecule has 1 aromatic rings. The second-order valence-corrected chi connectivity index (χ2v) is 5.67. The summed E-state index contributed by atoms with van der Waals surface area (Å²) in [6.07, 6.45) is 0.660. The van der Waals surface area contributed by atoms with Crippen LogP contribution in [0.15, 0.2) is 30.3 Å². The summed E-state index contributed by atoms with van der Waals surface area (Å²) < 4.78 is 5.26. The smallest absolute Gasteiger partial charge is 0.313 e. The van der Waals surface area contributed by atoms with Gasteiger partial charge < -0.3 is 15.2 Å². The number of carboxylic acid groups (broad SMARTS) is 1. The van der Waals surface area contributed by atoms with E-state index in [1.807, 2.05) is 37.3 Å². The number of carbonyl (C=O) groups excluding carboxylic acids is 1. The molecule has 0 aromatic heterocycles. The zero-order valence-corrected chi connectivity index (χ0v) is 12.3. The van der Waals surface area contributed by atoms with Gasteiger partial charge in [-0.1, -0.05) is 37.3 Å². The van der Waals surface area contributed by atoms with Crippen molar-refractivity contribution in [2.45, 2.75) is 32.2 Å². The number of carbonyl (C=O) groups is 2. The Hall–Kier alpha value is -1.88. The van der Waals surface area contributed by atoms with Gasteiger partial charge in [-0.15, -0.1) is 0 Å². The van der Waals surface area contributed by atoms with Crippen LogP contribution in [0.2, 0.25) is 0 Å². The van der Waals surface area contributed by atoms with Crippen molar-refractivity contribution in [3.05, 3.63) is 35.9 Å². The largest absolute Gasteiger partial charge is 0.481 e. The van der Waals surface area contributed by atoms with Gasteiger partial charge in [0.2, 0.25) is 5.91 Å². The zero-order valence-electron chi connectivity index (χ0n) is 12.3. The Bertz CT molecular complexity index is 516. The minimum Gasteiger partial charge on any atom is -0.481 e. The molecule has 1 amide bonds. The van der Waals surface area contributed by atoms with E-state index in [9.17, 15) is 14.7 Å². The van der Waals surface area contributed by atoms with Gasteiger partial charge in [-0.25, -0.2) is 0 Å². The van der Waals surface area contributed by atoms with Crippen molar-refractivity contribution < 1.29 is 19.4 Å². The lowest BCUT2D eigenvalue weighted by molar-refractivity contribution is -0.149. The van der Waals surface area contributed by atoms with E-state index in [4.69, 9.17) is 4.74 Å². The van der Waals surface area contributed by atoms with E-state index in [0.717, 1.165) is 5.56 Å². The van der Waals surface area contributed by atoms with Crippen molar-refractivity contribution in [1.29, 1.82) is 0 Å². The summed E-state index contributed by atoms with van der Waals surface area (Å²) in [4.78, 5) is 23.9. The lowest BCUT2D eigenvalue weighted by Gasteiger charge is -2.27. The molecule has 21 heavy (non-hydrogen) atoms. The molecule has 1 heterocycles. The molecule has 2 N–H and O–H groups in total. The molecule has 1 saturated heterocycles. The number of nitrogens with one attached hydrogen (secondary N) is 1. The molecule has 0 aliphatic carbocycles. The molecule has 0 spiro atoms. The fraction of sp³-hybridized carbons (Fsp3) is 0.500. The summed E-state index contributed by atoms with van der Waals surface area (Å²) in [5, 5.41) is 12.2. The molecule has 0 saturated carbocycles. The Kier molecular flexibility index (Phi) is 4.63. The van der Waals surface area contributed by atoms with Gasteiger partial charge in [-0.3, -0.25) is 9.59 Å². The van der Waals surface area contributed by atoms with Crippen LogP contribution in [0.5, 0.6) is 0 Å². The number of carboxylic acids is 1. The summed E-state index contributed by atoms with van der Waals surface area (Å²) in [7, 11) is 0. The molecule has 2 rings (SSSR count). The molecule has 3 atom stereocenters. The second kappa shape index (κ2) is 6.26. The molecule has 1 fully saturated rings. The predicted octanol–water partition coefficient (Wildman–Crippen LogP) is 1.79.